The van der Waals surface area contributed by atoms with Crippen molar-refractivity contribution in [2.45, 2.75) is 27.2 Å². The number of aliphatic imine (C=N–C) groups is 1. The Morgan fingerprint density at radius 3 is 2.58 bits per heavy atom. The number of aliphatic hydroxyl groups is 1. The van der Waals surface area contributed by atoms with Gasteiger partial charge in [0.15, 0.2) is 6.29 Å². The van der Waals surface area contributed by atoms with Crippen LogP contribution >= 0.6 is 11.3 Å². The number of carbonyl (C=O) groups is 1. The van der Waals surface area contributed by atoms with Gasteiger partial charge in [0.2, 0.25) is 0 Å². The minimum Gasteiger partial charge on any atom is -0.400 e. The molecule has 0 saturated heterocycles. The van der Waals surface area contributed by atoms with Gasteiger partial charge < -0.3 is 10.0 Å². The third-order valence-corrected chi connectivity index (χ3v) is 4.45. The van der Waals surface area contributed by atoms with Gasteiger partial charge >= 0.3 is 0 Å². The van der Waals surface area contributed by atoms with Crippen molar-refractivity contribution in [3.63, 3.8) is 0 Å². The highest BCUT2D eigenvalue weighted by molar-refractivity contribution is 7.09. The highest BCUT2D eigenvalue weighted by Gasteiger charge is 2.08. The van der Waals surface area contributed by atoms with E-state index in [1.807, 2.05) is 18.3 Å². The van der Waals surface area contributed by atoms with E-state index in [0.717, 1.165) is 42.6 Å². The lowest BCUT2D eigenvalue weighted by molar-refractivity contribution is 0.111. The Morgan fingerprint density at radius 2 is 2.00 bits per heavy atom. The van der Waals surface area contributed by atoms with E-state index in [2.05, 4.69) is 42.9 Å². The van der Waals surface area contributed by atoms with E-state index < -0.39 is 0 Å². The second kappa shape index (κ2) is 9.95. The maximum absolute atomic E-state index is 10.7. The molecule has 1 aromatic carbocycles. The number of nitrogens with zero attached hydrogens (tertiary/aromatic N) is 3. The molecule has 0 aliphatic rings. The first-order valence-corrected chi connectivity index (χ1v) is 8.60. The fourth-order valence-corrected chi connectivity index (χ4v) is 2.82. The minimum atomic E-state index is 0.512. The Hall–Kier alpha value is -2.05. The summed E-state index contributed by atoms with van der Waals surface area (Å²) in [6.45, 7) is 7.18. The average molecular weight is 347 g/mol. The van der Waals surface area contributed by atoms with Gasteiger partial charge in [0, 0.05) is 32.5 Å². The Bertz CT molecular complexity index is 696. The van der Waals surface area contributed by atoms with Crippen molar-refractivity contribution in [1.29, 1.82) is 0 Å². The minimum absolute atomic E-state index is 0.512. The summed E-state index contributed by atoms with van der Waals surface area (Å²) in [7, 11) is 3.01. The van der Waals surface area contributed by atoms with Crippen LogP contribution in [0.25, 0.3) is 0 Å². The largest absolute Gasteiger partial charge is 0.400 e. The number of thiazole rings is 1. The molecule has 2 aromatic rings. The molecule has 0 bridgehead atoms. The standard InChI is InChI=1S/C17H21N3OS.CH4O/c1-5-20(4)11-18-16-7-12(2)14(6-13(16)3)8-17-19-15(9-21)10-22-17;1-2/h6-7,9-11H,5,8H2,1-4H3;2H,1H3. The average Bonchev–Trinajstić information content (AvgIpc) is 3.05. The van der Waals surface area contributed by atoms with E-state index in [-0.39, 0.29) is 0 Å². The van der Waals surface area contributed by atoms with E-state index in [1.54, 1.807) is 5.38 Å². The van der Waals surface area contributed by atoms with Gasteiger partial charge in [-0.2, -0.15) is 0 Å². The molecule has 1 heterocycles. The van der Waals surface area contributed by atoms with Crippen LogP contribution in [0.5, 0.6) is 0 Å². The third-order valence-electron chi connectivity index (χ3n) is 3.58. The molecule has 0 atom stereocenters. The number of carbonyl (C=O) groups excluding carboxylic acids is 1. The van der Waals surface area contributed by atoms with E-state index >= 15 is 0 Å². The monoisotopic (exact) mass is 347 g/mol. The summed E-state index contributed by atoms with van der Waals surface area (Å²) < 4.78 is 0. The molecule has 6 heteroatoms. The molecule has 5 nitrogen and oxygen atoms in total. The smallest absolute Gasteiger partial charge is 0.169 e. The van der Waals surface area contributed by atoms with Crippen LogP contribution in [0, 0.1) is 13.8 Å². The van der Waals surface area contributed by atoms with Crippen LogP contribution in [-0.4, -0.2) is 48.3 Å². The molecule has 24 heavy (non-hydrogen) atoms. The predicted octanol–water partition coefficient (Wildman–Crippen LogP) is 3.38. The fourth-order valence-electron chi connectivity index (χ4n) is 2.06. The van der Waals surface area contributed by atoms with Gasteiger partial charge in [-0.05, 0) is 43.5 Å². The molecule has 0 amide bonds. The van der Waals surface area contributed by atoms with E-state index in [0.29, 0.717) is 5.69 Å². The molecule has 0 unspecified atom stereocenters. The Balaban J connectivity index is 0.00000139. The number of aliphatic hydroxyl groups excluding tert-OH is 1. The van der Waals surface area contributed by atoms with E-state index in [9.17, 15) is 4.79 Å². The second-order valence-electron chi connectivity index (χ2n) is 5.34. The van der Waals surface area contributed by atoms with Crippen LogP contribution in [0.4, 0.5) is 5.69 Å². The van der Waals surface area contributed by atoms with Gasteiger partial charge in [-0.25, -0.2) is 9.98 Å². The van der Waals surface area contributed by atoms with Gasteiger partial charge in [-0.15, -0.1) is 11.3 Å². The van der Waals surface area contributed by atoms with Crippen LogP contribution in [-0.2, 0) is 6.42 Å². The van der Waals surface area contributed by atoms with Gasteiger partial charge in [0.25, 0.3) is 0 Å². The Labute approximate surface area is 147 Å². The normalized spacial score (nSPS) is 10.4. The SMILES string of the molecule is CCN(C)C=Nc1cc(C)c(Cc2nc(C=O)cs2)cc1C.CO. The molecule has 0 radical (unpaired) electrons. The first-order chi connectivity index (χ1) is 11.5. The number of aromatic nitrogens is 1. The van der Waals surface area contributed by atoms with Gasteiger partial charge in [0.1, 0.15) is 5.69 Å². The summed E-state index contributed by atoms with van der Waals surface area (Å²) >= 11 is 1.53. The lowest BCUT2D eigenvalue weighted by Crippen LogP contribution is -2.14. The molecule has 0 saturated carbocycles. The maximum Gasteiger partial charge on any atom is 0.169 e. The Kier molecular flexibility index (Phi) is 8.29. The number of hydrogen-bond acceptors (Lipinski definition) is 5. The summed E-state index contributed by atoms with van der Waals surface area (Å²) in [5.41, 5.74) is 5.08. The van der Waals surface area contributed by atoms with Gasteiger partial charge in [-0.1, -0.05) is 6.07 Å². The van der Waals surface area contributed by atoms with Crippen molar-refractivity contribution >= 4 is 29.6 Å². The van der Waals surface area contributed by atoms with Crippen molar-refractivity contribution in [1.82, 2.24) is 9.88 Å². The molecular weight excluding hydrogens is 322 g/mol. The van der Waals surface area contributed by atoms with Gasteiger partial charge in [-0.3, -0.25) is 4.79 Å². The van der Waals surface area contributed by atoms with Crippen molar-refractivity contribution in [2.24, 2.45) is 4.99 Å². The van der Waals surface area contributed by atoms with Crippen molar-refractivity contribution in [3.8, 4) is 0 Å². The van der Waals surface area contributed by atoms with E-state index in [1.165, 1.54) is 22.5 Å². The van der Waals surface area contributed by atoms with Crippen molar-refractivity contribution < 1.29 is 9.90 Å². The molecule has 0 aliphatic carbocycles. The molecular formula is C18H25N3O2S. The predicted molar refractivity (Wildman–Crippen MR) is 101 cm³/mol. The van der Waals surface area contributed by atoms with E-state index in [4.69, 9.17) is 5.11 Å². The first kappa shape index (κ1) is 20.0. The lowest BCUT2D eigenvalue weighted by atomic mass is 10.0. The van der Waals surface area contributed by atoms with Crippen molar-refractivity contribution in [2.75, 3.05) is 20.7 Å². The number of hydrogen-bond donors (Lipinski definition) is 1. The van der Waals surface area contributed by atoms with Crippen LogP contribution in [0.15, 0.2) is 22.5 Å². The summed E-state index contributed by atoms with van der Waals surface area (Å²) in [5.74, 6) is 0. The van der Waals surface area contributed by atoms with Gasteiger partial charge in [0.05, 0.1) is 17.0 Å². The molecule has 1 N–H and O–H groups in total. The third kappa shape index (κ3) is 5.54. The van der Waals surface area contributed by atoms with Crippen LogP contribution in [0.2, 0.25) is 0 Å². The highest BCUT2D eigenvalue weighted by Crippen LogP contribution is 2.25. The zero-order valence-electron chi connectivity index (χ0n) is 14.9. The summed E-state index contributed by atoms with van der Waals surface area (Å²) in [5, 5.41) is 9.76. The zero-order chi connectivity index (χ0) is 18.1. The molecule has 130 valence electrons. The number of aryl methyl sites for hydroxylation is 2. The lowest BCUT2D eigenvalue weighted by Gasteiger charge is -2.11. The summed E-state index contributed by atoms with van der Waals surface area (Å²) in [6.07, 6.45) is 3.41. The maximum atomic E-state index is 10.7. The zero-order valence-corrected chi connectivity index (χ0v) is 15.7. The Morgan fingerprint density at radius 1 is 1.29 bits per heavy atom. The summed E-state index contributed by atoms with van der Waals surface area (Å²) in [4.78, 5) is 21.6. The van der Waals surface area contributed by atoms with Crippen LogP contribution in [0.1, 0.15) is 39.1 Å². The number of aldehydes is 1. The quantitative estimate of drug-likeness (QED) is 0.494. The number of benzene rings is 1. The highest BCUT2D eigenvalue weighted by atomic mass is 32.1. The van der Waals surface area contributed by atoms with Crippen molar-refractivity contribution in [3.05, 3.63) is 44.9 Å². The molecule has 0 aliphatic heterocycles. The number of rotatable bonds is 6. The molecule has 0 fully saturated rings. The van der Waals surface area contributed by atoms with Crippen LogP contribution in [0.3, 0.4) is 0 Å². The fraction of sp³-hybridized carbons (Fsp3) is 0.389. The molecule has 1 aromatic heterocycles. The molecule has 2 rings (SSSR count). The summed E-state index contributed by atoms with van der Waals surface area (Å²) in [6, 6.07) is 4.27. The van der Waals surface area contributed by atoms with Crippen LogP contribution < -0.4 is 0 Å². The second-order valence-corrected chi connectivity index (χ2v) is 6.29. The first-order valence-electron chi connectivity index (χ1n) is 7.72. The molecule has 0 spiro atoms. The topological polar surface area (TPSA) is 65.8 Å².